The molecule has 1 heterocycles. The molecule has 0 saturated carbocycles. The van der Waals surface area contributed by atoms with Crippen LogP contribution in [0.1, 0.15) is 15.9 Å². The second kappa shape index (κ2) is 4.15. The van der Waals surface area contributed by atoms with Gasteiger partial charge in [0.1, 0.15) is 6.26 Å². The van der Waals surface area contributed by atoms with Crippen molar-refractivity contribution in [3.63, 3.8) is 0 Å². The molecule has 2 rings (SSSR count). The van der Waals surface area contributed by atoms with E-state index in [1.807, 2.05) is 0 Å². The third-order valence-corrected chi connectivity index (χ3v) is 2.85. The van der Waals surface area contributed by atoms with E-state index < -0.39 is 15.2 Å². The van der Waals surface area contributed by atoms with Crippen LogP contribution in [0.15, 0.2) is 52.2 Å². The molecule has 1 N–H and O–H groups in total. The quantitative estimate of drug-likeness (QED) is 0.664. The smallest absolute Gasteiger partial charge is 0.328 e. The Morgan fingerprint density at radius 3 is 2.29 bits per heavy atom. The van der Waals surface area contributed by atoms with Crippen molar-refractivity contribution in [2.24, 2.45) is 0 Å². The average molecular weight is 252 g/mol. The zero-order valence-corrected chi connectivity index (χ0v) is 9.35. The SMILES string of the molecule is O=C(c1ccccc1)c1coc(S(=O)(=O)O)c1. The van der Waals surface area contributed by atoms with Crippen LogP contribution in [-0.2, 0) is 10.1 Å². The monoisotopic (exact) mass is 252 g/mol. The molecule has 0 aliphatic rings. The number of carbonyl (C=O) groups is 1. The van der Waals surface area contributed by atoms with Crippen molar-refractivity contribution in [3.8, 4) is 0 Å². The molecule has 0 aliphatic heterocycles. The molecule has 1 aromatic carbocycles. The summed E-state index contributed by atoms with van der Waals surface area (Å²) in [6.07, 6.45) is 0.998. The van der Waals surface area contributed by atoms with Gasteiger partial charge in [0, 0.05) is 11.6 Å². The van der Waals surface area contributed by atoms with Crippen molar-refractivity contribution in [3.05, 3.63) is 53.8 Å². The maximum absolute atomic E-state index is 11.9. The van der Waals surface area contributed by atoms with E-state index in [1.165, 1.54) is 0 Å². The largest absolute Gasteiger partial charge is 0.450 e. The molecule has 0 amide bonds. The van der Waals surface area contributed by atoms with Gasteiger partial charge in [-0.25, -0.2) is 0 Å². The van der Waals surface area contributed by atoms with Gasteiger partial charge in [-0.3, -0.25) is 9.35 Å². The molecule has 1 aromatic heterocycles. The topological polar surface area (TPSA) is 84.6 Å². The van der Waals surface area contributed by atoms with Gasteiger partial charge < -0.3 is 4.42 Å². The molecule has 2 aromatic rings. The summed E-state index contributed by atoms with van der Waals surface area (Å²) < 4.78 is 34.8. The Balaban J connectivity index is 2.37. The summed E-state index contributed by atoms with van der Waals surface area (Å²) in [6.45, 7) is 0. The lowest BCUT2D eigenvalue weighted by Gasteiger charge is -1.95. The summed E-state index contributed by atoms with van der Waals surface area (Å²) in [4.78, 5) is 11.9. The molecule has 0 saturated heterocycles. The summed E-state index contributed by atoms with van der Waals surface area (Å²) in [5, 5.41) is -0.642. The predicted molar refractivity (Wildman–Crippen MR) is 58.4 cm³/mol. The normalized spacial score (nSPS) is 11.4. The van der Waals surface area contributed by atoms with Crippen LogP contribution in [0.4, 0.5) is 0 Å². The second-order valence-corrected chi connectivity index (χ2v) is 4.68. The molecule has 0 atom stereocenters. The van der Waals surface area contributed by atoms with Crippen LogP contribution in [0.2, 0.25) is 0 Å². The van der Waals surface area contributed by atoms with Gasteiger partial charge in [-0.2, -0.15) is 8.42 Å². The van der Waals surface area contributed by atoms with Crippen LogP contribution in [0, 0.1) is 0 Å². The Kier molecular flexibility index (Phi) is 2.83. The molecule has 0 bridgehead atoms. The minimum absolute atomic E-state index is 0.0730. The summed E-state index contributed by atoms with van der Waals surface area (Å²) in [5.74, 6) is -0.371. The molecule has 6 heteroatoms. The number of hydrogen-bond donors (Lipinski definition) is 1. The van der Waals surface area contributed by atoms with E-state index in [2.05, 4.69) is 4.42 Å². The Morgan fingerprint density at radius 2 is 1.76 bits per heavy atom. The number of hydrogen-bond acceptors (Lipinski definition) is 4. The van der Waals surface area contributed by atoms with Crippen LogP contribution >= 0.6 is 0 Å². The number of benzene rings is 1. The van der Waals surface area contributed by atoms with E-state index in [4.69, 9.17) is 4.55 Å². The van der Waals surface area contributed by atoms with E-state index in [9.17, 15) is 13.2 Å². The summed E-state index contributed by atoms with van der Waals surface area (Å²) in [7, 11) is -4.42. The maximum atomic E-state index is 11.9. The molecule has 0 spiro atoms. The molecule has 0 unspecified atom stereocenters. The third-order valence-electron chi connectivity index (χ3n) is 2.13. The summed E-state index contributed by atoms with van der Waals surface area (Å²) >= 11 is 0. The van der Waals surface area contributed by atoms with Crippen molar-refractivity contribution in [2.75, 3.05) is 0 Å². The first-order valence-electron chi connectivity index (χ1n) is 4.64. The van der Waals surface area contributed by atoms with Crippen LogP contribution < -0.4 is 0 Å². The molecule has 5 nitrogen and oxygen atoms in total. The van der Waals surface area contributed by atoms with Gasteiger partial charge in [0.2, 0.25) is 5.09 Å². The average Bonchev–Trinajstić information content (AvgIpc) is 2.78. The van der Waals surface area contributed by atoms with E-state index in [1.54, 1.807) is 30.3 Å². The van der Waals surface area contributed by atoms with Crippen molar-refractivity contribution >= 4 is 15.9 Å². The van der Waals surface area contributed by atoms with E-state index in [0.29, 0.717) is 5.56 Å². The van der Waals surface area contributed by atoms with Crippen molar-refractivity contribution in [2.45, 2.75) is 5.09 Å². The molecule has 0 radical (unpaired) electrons. The summed E-state index contributed by atoms with van der Waals surface area (Å²) in [6, 6.07) is 9.33. The molecular weight excluding hydrogens is 244 g/mol. The predicted octanol–water partition coefficient (Wildman–Crippen LogP) is 1.76. The van der Waals surface area contributed by atoms with Crippen molar-refractivity contribution < 1.29 is 22.2 Å². The number of ketones is 1. The Hall–Kier alpha value is -1.92. The highest BCUT2D eigenvalue weighted by Gasteiger charge is 2.18. The van der Waals surface area contributed by atoms with E-state index >= 15 is 0 Å². The van der Waals surface area contributed by atoms with Crippen LogP contribution in [-0.4, -0.2) is 18.8 Å². The first-order chi connectivity index (χ1) is 7.98. The Bertz CT molecular complexity index is 640. The van der Waals surface area contributed by atoms with E-state index in [-0.39, 0.29) is 11.3 Å². The number of carbonyl (C=O) groups excluding carboxylic acids is 1. The molecule has 88 valence electrons. The molecule has 17 heavy (non-hydrogen) atoms. The second-order valence-electron chi connectivity index (χ2n) is 3.32. The van der Waals surface area contributed by atoms with Crippen LogP contribution in [0.5, 0.6) is 0 Å². The minimum atomic E-state index is -4.42. The van der Waals surface area contributed by atoms with Gasteiger partial charge in [0.15, 0.2) is 5.78 Å². The molecular formula is C11H8O5S. The summed E-state index contributed by atoms with van der Waals surface area (Å²) in [5.41, 5.74) is 0.485. The van der Waals surface area contributed by atoms with Crippen molar-refractivity contribution in [1.29, 1.82) is 0 Å². The van der Waals surface area contributed by atoms with Gasteiger partial charge in [-0.1, -0.05) is 30.3 Å². The highest BCUT2D eigenvalue weighted by molar-refractivity contribution is 7.85. The van der Waals surface area contributed by atoms with Crippen molar-refractivity contribution in [1.82, 2.24) is 0 Å². The first-order valence-corrected chi connectivity index (χ1v) is 6.08. The highest BCUT2D eigenvalue weighted by Crippen LogP contribution is 2.16. The lowest BCUT2D eigenvalue weighted by Crippen LogP contribution is -1.99. The van der Waals surface area contributed by atoms with E-state index in [0.717, 1.165) is 12.3 Å². The third kappa shape index (κ3) is 2.43. The Labute approximate surface area is 97.4 Å². The maximum Gasteiger partial charge on any atom is 0.328 e. The fourth-order valence-corrected chi connectivity index (χ4v) is 1.77. The Morgan fingerprint density at radius 1 is 1.12 bits per heavy atom. The highest BCUT2D eigenvalue weighted by atomic mass is 32.2. The number of rotatable bonds is 3. The van der Waals surface area contributed by atoms with Gasteiger partial charge in [0.05, 0.1) is 5.56 Å². The standard InChI is InChI=1S/C11H8O5S/c12-11(8-4-2-1-3-5-8)9-6-10(16-7-9)17(13,14)15/h1-7H,(H,13,14,15). The molecule has 0 aliphatic carbocycles. The lowest BCUT2D eigenvalue weighted by molar-refractivity contribution is 0.103. The minimum Gasteiger partial charge on any atom is -0.450 e. The fourth-order valence-electron chi connectivity index (χ4n) is 1.33. The molecule has 0 fully saturated rings. The zero-order chi connectivity index (χ0) is 12.5. The van der Waals surface area contributed by atoms with Gasteiger partial charge in [-0.15, -0.1) is 0 Å². The zero-order valence-electron chi connectivity index (χ0n) is 8.53. The lowest BCUT2D eigenvalue weighted by atomic mass is 10.1. The van der Waals surface area contributed by atoms with Crippen LogP contribution in [0.25, 0.3) is 0 Å². The van der Waals surface area contributed by atoms with Crippen LogP contribution in [0.3, 0.4) is 0 Å². The fraction of sp³-hybridized carbons (Fsp3) is 0. The van der Waals surface area contributed by atoms with Gasteiger partial charge in [0.25, 0.3) is 0 Å². The van der Waals surface area contributed by atoms with Gasteiger partial charge >= 0.3 is 10.1 Å². The van der Waals surface area contributed by atoms with Gasteiger partial charge in [-0.05, 0) is 0 Å². The first kappa shape index (κ1) is 11.6. The number of furan rings is 1.